The molecule has 0 aromatic carbocycles. The Hall–Kier alpha value is -1.46. The number of nitrogens with one attached hydrogen (secondary N) is 1. The van der Waals surface area contributed by atoms with Gasteiger partial charge in [-0.2, -0.15) is 0 Å². The summed E-state index contributed by atoms with van der Waals surface area (Å²) in [5, 5.41) is 4.38. The number of hydrogen-bond acceptors (Lipinski definition) is 5. The zero-order chi connectivity index (χ0) is 13.7. The number of pyridine rings is 1. The zero-order valence-electron chi connectivity index (χ0n) is 11.5. The van der Waals surface area contributed by atoms with E-state index in [0.29, 0.717) is 0 Å². The van der Waals surface area contributed by atoms with Gasteiger partial charge >= 0.3 is 0 Å². The maximum absolute atomic E-state index is 5.63. The van der Waals surface area contributed by atoms with E-state index in [-0.39, 0.29) is 6.04 Å². The first-order chi connectivity index (χ1) is 9.24. The van der Waals surface area contributed by atoms with Crippen molar-refractivity contribution in [2.45, 2.75) is 26.3 Å². The minimum Gasteiger partial charge on any atom is -0.492 e. The number of aryl methyl sites for hydroxylation is 1. The van der Waals surface area contributed by atoms with Crippen molar-refractivity contribution in [1.82, 2.24) is 15.3 Å². The van der Waals surface area contributed by atoms with E-state index in [2.05, 4.69) is 22.2 Å². The Balaban J connectivity index is 2.23. The van der Waals surface area contributed by atoms with E-state index in [4.69, 9.17) is 4.74 Å². The van der Waals surface area contributed by atoms with Gasteiger partial charge < -0.3 is 10.1 Å². The number of ether oxygens (including phenoxy) is 1. The monoisotopic (exact) mass is 277 g/mol. The first-order valence-corrected chi connectivity index (χ1v) is 7.23. The first kappa shape index (κ1) is 14.0. The van der Waals surface area contributed by atoms with Gasteiger partial charge in [-0.3, -0.25) is 4.98 Å². The molecule has 0 spiro atoms. The Morgan fingerprint density at radius 2 is 2.21 bits per heavy atom. The van der Waals surface area contributed by atoms with Gasteiger partial charge in [0.1, 0.15) is 5.75 Å². The number of aromatic nitrogens is 2. The molecule has 4 nitrogen and oxygen atoms in total. The van der Waals surface area contributed by atoms with Crippen molar-refractivity contribution in [3.8, 4) is 5.75 Å². The highest BCUT2D eigenvalue weighted by atomic mass is 32.1. The van der Waals surface area contributed by atoms with Crippen LogP contribution in [0.3, 0.4) is 0 Å². The summed E-state index contributed by atoms with van der Waals surface area (Å²) >= 11 is 1.70. The third kappa shape index (κ3) is 3.52. The van der Waals surface area contributed by atoms with Crippen LogP contribution in [0.25, 0.3) is 0 Å². The molecule has 0 bridgehead atoms. The molecule has 0 saturated heterocycles. The summed E-state index contributed by atoms with van der Waals surface area (Å²) in [6, 6.07) is 2.16. The van der Waals surface area contributed by atoms with Crippen molar-refractivity contribution < 1.29 is 4.74 Å². The summed E-state index contributed by atoms with van der Waals surface area (Å²) < 4.78 is 5.63. The van der Waals surface area contributed by atoms with Crippen molar-refractivity contribution in [1.29, 1.82) is 0 Å². The van der Waals surface area contributed by atoms with Gasteiger partial charge in [0, 0.05) is 17.3 Å². The lowest BCUT2D eigenvalue weighted by Gasteiger charge is -2.15. The Kier molecular flexibility index (Phi) is 4.87. The normalized spacial score (nSPS) is 12.4. The SMILES string of the molecule is CCCOc1cncc(C(NC)c2cnc(C)s2)c1. The lowest BCUT2D eigenvalue weighted by atomic mass is 10.1. The number of hydrogen-bond donors (Lipinski definition) is 1. The fraction of sp³-hybridized carbons (Fsp3) is 0.429. The van der Waals surface area contributed by atoms with Crippen LogP contribution >= 0.6 is 11.3 Å². The molecule has 1 unspecified atom stereocenters. The standard InChI is InChI=1S/C14H19N3OS/c1-4-5-18-12-6-11(7-16-8-12)14(15-3)13-9-17-10(2)19-13/h6-9,14-15H,4-5H2,1-3H3. The van der Waals surface area contributed by atoms with E-state index in [9.17, 15) is 0 Å². The summed E-state index contributed by atoms with van der Waals surface area (Å²) in [4.78, 5) is 9.76. The Labute approximate surface area is 117 Å². The van der Waals surface area contributed by atoms with E-state index in [1.165, 1.54) is 4.88 Å². The van der Waals surface area contributed by atoms with Gasteiger partial charge in [-0.15, -0.1) is 11.3 Å². The lowest BCUT2D eigenvalue weighted by Crippen LogP contribution is -2.16. The van der Waals surface area contributed by atoms with Crippen LogP contribution in [0.2, 0.25) is 0 Å². The summed E-state index contributed by atoms with van der Waals surface area (Å²) in [6.07, 6.45) is 6.54. The fourth-order valence-corrected chi connectivity index (χ4v) is 2.80. The second-order valence-corrected chi connectivity index (χ2v) is 5.57. The van der Waals surface area contributed by atoms with E-state index in [0.717, 1.165) is 29.3 Å². The molecule has 1 atom stereocenters. The van der Waals surface area contributed by atoms with Crippen LogP contribution in [0, 0.1) is 6.92 Å². The van der Waals surface area contributed by atoms with Crippen LogP contribution in [-0.4, -0.2) is 23.6 Å². The van der Waals surface area contributed by atoms with Crippen LogP contribution in [-0.2, 0) is 0 Å². The average molecular weight is 277 g/mol. The van der Waals surface area contributed by atoms with Gasteiger partial charge in [-0.05, 0) is 32.0 Å². The molecule has 1 N–H and O–H groups in total. The molecular formula is C14H19N3OS. The minimum absolute atomic E-state index is 0.115. The third-order valence-electron chi connectivity index (χ3n) is 2.75. The topological polar surface area (TPSA) is 47.0 Å². The van der Waals surface area contributed by atoms with Gasteiger partial charge in [0.15, 0.2) is 0 Å². The van der Waals surface area contributed by atoms with Crippen LogP contribution in [0.5, 0.6) is 5.75 Å². The predicted octanol–water partition coefficient (Wildman–Crippen LogP) is 2.94. The molecular weight excluding hydrogens is 258 g/mol. The molecule has 0 radical (unpaired) electrons. The van der Waals surface area contributed by atoms with Crippen LogP contribution in [0.1, 0.15) is 34.8 Å². The van der Waals surface area contributed by atoms with Crippen LogP contribution in [0.15, 0.2) is 24.7 Å². The molecule has 2 rings (SSSR count). The third-order valence-corrected chi connectivity index (χ3v) is 3.73. The fourth-order valence-electron chi connectivity index (χ4n) is 1.88. The van der Waals surface area contributed by atoms with Crippen molar-refractivity contribution >= 4 is 11.3 Å². The number of rotatable bonds is 6. The number of thiazole rings is 1. The highest BCUT2D eigenvalue weighted by Gasteiger charge is 2.15. The molecule has 2 aromatic rings. The molecule has 0 saturated carbocycles. The van der Waals surface area contributed by atoms with Crippen molar-refractivity contribution in [3.05, 3.63) is 40.1 Å². The quantitative estimate of drug-likeness (QED) is 0.882. The second kappa shape index (κ2) is 6.63. The predicted molar refractivity (Wildman–Crippen MR) is 77.8 cm³/mol. The van der Waals surface area contributed by atoms with E-state index < -0.39 is 0 Å². The number of nitrogens with zero attached hydrogens (tertiary/aromatic N) is 2. The molecule has 0 amide bonds. The first-order valence-electron chi connectivity index (χ1n) is 6.42. The van der Waals surface area contributed by atoms with E-state index >= 15 is 0 Å². The smallest absolute Gasteiger partial charge is 0.137 e. The van der Waals surface area contributed by atoms with Gasteiger partial charge in [0.25, 0.3) is 0 Å². The molecule has 0 aliphatic heterocycles. The second-order valence-electron chi connectivity index (χ2n) is 4.31. The van der Waals surface area contributed by atoms with Crippen LogP contribution in [0.4, 0.5) is 0 Å². The van der Waals surface area contributed by atoms with Crippen molar-refractivity contribution in [3.63, 3.8) is 0 Å². The molecule has 0 fully saturated rings. The Morgan fingerprint density at radius 3 is 2.84 bits per heavy atom. The summed E-state index contributed by atoms with van der Waals surface area (Å²) in [7, 11) is 1.94. The molecule has 0 aliphatic carbocycles. The molecule has 2 heterocycles. The van der Waals surface area contributed by atoms with Crippen LogP contribution < -0.4 is 10.1 Å². The van der Waals surface area contributed by atoms with E-state index in [1.54, 1.807) is 17.5 Å². The molecule has 19 heavy (non-hydrogen) atoms. The van der Waals surface area contributed by atoms with E-state index in [1.807, 2.05) is 32.4 Å². The van der Waals surface area contributed by atoms with Crippen molar-refractivity contribution in [2.24, 2.45) is 0 Å². The van der Waals surface area contributed by atoms with Crippen molar-refractivity contribution in [2.75, 3.05) is 13.7 Å². The van der Waals surface area contributed by atoms with Gasteiger partial charge in [0.05, 0.1) is 23.9 Å². The molecule has 0 aliphatic rings. The largest absolute Gasteiger partial charge is 0.492 e. The van der Waals surface area contributed by atoms with Gasteiger partial charge in [-0.25, -0.2) is 4.98 Å². The molecule has 102 valence electrons. The zero-order valence-corrected chi connectivity index (χ0v) is 12.3. The molecule has 2 aromatic heterocycles. The van der Waals surface area contributed by atoms with Gasteiger partial charge in [-0.1, -0.05) is 6.92 Å². The highest BCUT2D eigenvalue weighted by Crippen LogP contribution is 2.27. The Morgan fingerprint density at radius 1 is 1.37 bits per heavy atom. The Bertz CT molecular complexity index is 527. The summed E-state index contributed by atoms with van der Waals surface area (Å²) in [6.45, 7) is 4.82. The maximum Gasteiger partial charge on any atom is 0.137 e. The maximum atomic E-state index is 5.63. The highest BCUT2D eigenvalue weighted by molar-refractivity contribution is 7.11. The lowest BCUT2D eigenvalue weighted by molar-refractivity contribution is 0.315. The minimum atomic E-state index is 0.115. The molecule has 5 heteroatoms. The summed E-state index contributed by atoms with van der Waals surface area (Å²) in [5.74, 6) is 0.820. The average Bonchev–Trinajstić information content (AvgIpc) is 2.84. The summed E-state index contributed by atoms with van der Waals surface area (Å²) in [5.41, 5.74) is 1.10. The van der Waals surface area contributed by atoms with Gasteiger partial charge in [0.2, 0.25) is 0 Å².